The average Bonchev–Trinajstić information content (AvgIpc) is 2.63. The second kappa shape index (κ2) is 8.07. The zero-order valence-corrected chi connectivity index (χ0v) is 15.7. The molecule has 7 nitrogen and oxygen atoms in total. The Morgan fingerprint density at radius 3 is 2.62 bits per heavy atom. The third-order valence-corrected chi connectivity index (χ3v) is 5.10. The zero-order chi connectivity index (χ0) is 18.7. The maximum Gasteiger partial charge on any atom is 0.338 e. The Morgan fingerprint density at radius 1 is 1.27 bits per heavy atom. The zero-order valence-electron chi connectivity index (χ0n) is 14.9. The van der Waals surface area contributed by atoms with Crippen LogP contribution in [0, 0.1) is 0 Å². The smallest absolute Gasteiger partial charge is 0.338 e. The first-order chi connectivity index (χ1) is 12.5. The Bertz CT molecular complexity index is 729. The van der Waals surface area contributed by atoms with Crippen molar-refractivity contribution in [2.24, 2.45) is 0 Å². The highest BCUT2D eigenvalue weighted by Gasteiger charge is 2.35. The summed E-state index contributed by atoms with van der Waals surface area (Å²) in [5, 5.41) is 6.07. The van der Waals surface area contributed by atoms with Gasteiger partial charge in [-0.2, -0.15) is 0 Å². The Balaban J connectivity index is 1.96. The number of esters is 1. The van der Waals surface area contributed by atoms with Crippen LogP contribution in [0.2, 0.25) is 5.02 Å². The molecule has 0 bridgehead atoms. The van der Waals surface area contributed by atoms with E-state index in [4.69, 9.17) is 16.3 Å². The molecule has 0 saturated carbocycles. The SMILES string of the molecule is COC(=O)C1=C(CN2CCN(C)CC2)NC(=O)N[C@H]1c1ccccc1Cl. The van der Waals surface area contributed by atoms with Gasteiger partial charge in [-0.3, -0.25) is 4.90 Å². The first kappa shape index (κ1) is 18.7. The van der Waals surface area contributed by atoms with Crippen LogP contribution in [0.1, 0.15) is 11.6 Å². The highest BCUT2D eigenvalue weighted by Crippen LogP contribution is 2.32. The van der Waals surface area contributed by atoms with Crippen LogP contribution in [0.4, 0.5) is 4.79 Å². The summed E-state index contributed by atoms with van der Waals surface area (Å²) in [4.78, 5) is 29.2. The van der Waals surface area contributed by atoms with Crippen molar-refractivity contribution < 1.29 is 14.3 Å². The van der Waals surface area contributed by atoms with Crippen LogP contribution in [0.25, 0.3) is 0 Å². The average molecular weight is 379 g/mol. The first-order valence-electron chi connectivity index (χ1n) is 8.53. The highest BCUT2D eigenvalue weighted by molar-refractivity contribution is 6.31. The minimum absolute atomic E-state index is 0.355. The van der Waals surface area contributed by atoms with E-state index in [1.54, 1.807) is 18.2 Å². The summed E-state index contributed by atoms with van der Waals surface area (Å²) in [6, 6.07) is 6.17. The Hall–Kier alpha value is -2.09. The second-order valence-electron chi connectivity index (χ2n) is 6.52. The van der Waals surface area contributed by atoms with E-state index in [0.29, 0.717) is 28.4 Å². The van der Waals surface area contributed by atoms with Crippen molar-refractivity contribution in [2.45, 2.75) is 6.04 Å². The number of urea groups is 1. The Kier molecular flexibility index (Phi) is 5.80. The third-order valence-electron chi connectivity index (χ3n) is 4.75. The van der Waals surface area contributed by atoms with E-state index >= 15 is 0 Å². The monoisotopic (exact) mass is 378 g/mol. The molecule has 2 aliphatic heterocycles. The molecule has 1 saturated heterocycles. The molecule has 1 aromatic rings. The number of hydrogen-bond acceptors (Lipinski definition) is 5. The normalized spacial score (nSPS) is 22.0. The van der Waals surface area contributed by atoms with E-state index in [-0.39, 0.29) is 6.03 Å². The molecule has 1 atom stereocenters. The number of methoxy groups -OCH3 is 1. The van der Waals surface area contributed by atoms with Gasteiger partial charge in [-0.05, 0) is 18.7 Å². The largest absolute Gasteiger partial charge is 0.466 e. The van der Waals surface area contributed by atoms with Gasteiger partial charge in [-0.1, -0.05) is 29.8 Å². The van der Waals surface area contributed by atoms with E-state index in [1.807, 2.05) is 6.07 Å². The van der Waals surface area contributed by atoms with E-state index in [1.165, 1.54) is 7.11 Å². The molecule has 8 heteroatoms. The van der Waals surface area contributed by atoms with Crippen molar-refractivity contribution in [1.29, 1.82) is 0 Å². The number of carbonyl (C=O) groups excluding carboxylic acids is 2. The second-order valence-corrected chi connectivity index (χ2v) is 6.92. The van der Waals surface area contributed by atoms with Crippen molar-refractivity contribution in [2.75, 3.05) is 46.9 Å². The number of halogens is 1. The van der Waals surface area contributed by atoms with Crippen LogP contribution in [0.3, 0.4) is 0 Å². The van der Waals surface area contributed by atoms with Crippen molar-refractivity contribution in [1.82, 2.24) is 20.4 Å². The van der Waals surface area contributed by atoms with Crippen LogP contribution in [0.15, 0.2) is 35.5 Å². The maximum atomic E-state index is 12.5. The number of nitrogens with one attached hydrogen (secondary N) is 2. The van der Waals surface area contributed by atoms with E-state index in [2.05, 4.69) is 27.5 Å². The molecule has 0 aliphatic carbocycles. The number of amides is 2. The molecule has 2 heterocycles. The number of piperazine rings is 1. The predicted octanol–water partition coefficient (Wildman–Crippen LogP) is 1.37. The fraction of sp³-hybridized carbons (Fsp3) is 0.444. The van der Waals surface area contributed by atoms with Crippen LogP contribution in [-0.4, -0.2) is 68.7 Å². The number of ether oxygens (including phenoxy) is 1. The van der Waals surface area contributed by atoms with Gasteiger partial charge >= 0.3 is 12.0 Å². The summed E-state index contributed by atoms with van der Waals surface area (Å²) in [6.45, 7) is 4.11. The number of carbonyl (C=O) groups is 2. The van der Waals surface area contributed by atoms with E-state index < -0.39 is 12.0 Å². The maximum absolute atomic E-state index is 12.5. The van der Waals surface area contributed by atoms with Gasteiger partial charge in [0.25, 0.3) is 0 Å². The number of hydrogen-bond donors (Lipinski definition) is 2. The van der Waals surface area contributed by atoms with Gasteiger partial charge in [-0.15, -0.1) is 0 Å². The molecule has 1 fully saturated rings. The van der Waals surface area contributed by atoms with Gasteiger partial charge < -0.3 is 20.3 Å². The predicted molar refractivity (Wildman–Crippen MR) is 98.8 cm³/mol. The van der Waals surface area contributed by atoms with Gasteiger partial charge in [0.15, 0.2) is 0 Å². The summed E-state index contributed by atoms with van der Waals surface area (Å²) < 4.78 is 5.00. The molecule has 140 valence electrons. The summed E-state index contributed by atoms with van der Waals surface area (Å²) in [6.07, 6.45) is 0. The fourth-order valence-electron chi connectivity index (χ4n) is 3.27. The topological polar surface area (TPSA) is 73.9 Å². The van der Waals surface area contributed by atoms with Gasteiger partial charge in [0, 0.05) is 43.4 Å². The molecule has 0 aromatic heterocycles. The summed E-state index contributed by atoms with van der Waals surface area (Å²) >= 11 is 6.31. The van der Waals surface area contributed by atoms with Crippen molar-refractivity contribution in [3.8, 4) is 0 Å². The molecule has 1 aromatic carbocycles. The molecule has 26 heavy (non-hydrogen) atoms. The van der Waals surface area contributed by atoms with Crippen LogP contribution in [0.5, 0.6) is 0 Å². The van der Waals surface area contributed by atoms with Gasteiger partial charge in [0.1, 0.15) is 0 Å². The molecular formula is C18H23ClN4O3. The van der Waals surface area contributed by atoms with E-state index in [0.717, 1.165) is 26.2 Å². The molecule has 2 N–H and O–H groups in total. The summed E-state index contributed by atoms with van der Waals surface area (Å²) in [7, 11) is 3.42. The molecule has 2 aliphatic rings. The molecule has 3 rings (SSSR count). The molecule has 0 radical (unpaired) electrons. The standard InChI is InChI=1S/C18H23ClN4O3/c1-22-7-9-23(10-8-22)11-14-15(17(24)26-2)16(21-18(25)20-14)12-5-3-4-6-13(12)19/h3-6,16H,7-11H2,1-2H3,(H2,20,21,25)/t16-/m0/s1. The van der Waals surface area contributed by atoms with Crippen molar-refractivity contribution in [3.05, 3.63) is 46.1 Å². The molecule has 2 amide bonds. The van der Waals surface area contributed by atoms with Crippen LogP contribution < -0.4 is 10.6 Å². The minimum atomic E-state index is -0.646. The Morgan fingerprint density at radius 2 is 1.96 bits per heavy atom. The molecule has 0 spiro atoms. The highest BCUT2D eigenvalue weighted by atomic mass is 35.5. The van der Waals surface area contributed by atoms with E-state index in [9.17, 15) is 9.59 Å². The third kappa shape index (κ3) is 4.00. The number of rotatable bonds is 4. The number of likely N-dealkylation sites (N-methyl/N-ethyl adjacent to an activating group) is 1. The Labute approximate surface area is 157 Å². The van der Waals surface area contributed by atoms with Crippen LogP contribution in [-0.2, 0) is 9.53 Å². The summed E-state index contributed by atoms with van der Waals surface area (Å²) in [5.41, 5.74) is 1.62. The molecular weight excluding hydrogens is 356 g/mol. The van der Waals surface area contributed by atoms with Crippen molar-refractivity contribution in [3.63, 3.8) is 0 Å². The van der Waals surface area contributed by atoms with Gasteiger partial charge in [0.2, 0.25) is 0 Å². The quantitative estimate of drug-likeness (QED) is 0.774. The molecule has 0 unspecified atom stereocenters. The number of benzene rings is 1. The van der Waals surface area contributed by atoms with Gasteiger partial charge in [0.05, 0.1) is 18.7 Å². The lowest BCUT2D eigenvalue weighted by Crippen LogP contribution is -2.51. The van der Waals surface area contributed by atoms with Crippen molar-refractivity contribution >= 4 is 23.6 Å². The minimum Gasteiger partial charge on any atom is -0.466 e. The van der Waals surface area contributed by atoms with Crippen LogP contribution >= 0.6 is 11.6 Å². The summed E-state index contributed by atoms with van der Waals surface area (Å²) in [5.74, 6) is -0.480. The lowest BCUT2D eigenvalue weighted by molar-refractivity contribution is -0.136. The fourth-order valence-corrected chi connectivity index (χ4v) is 3.51. The lowest BCUT2D eigenvalue weighted by atomic mass is 9.95. The lowest BCUT2D eigenvalue weighted by Gasteiger charge is -2.35. The van der Waals surface area contributed by atoms with Gasteiger partial charge in [-0.25, -0.2) is 9.59 Å². The first-order valence-corrected chi connectivity index (χ1v) is 8.91. The number of nitrogens with zero attached hydrogens (tertiary/aromatic N) is 2.